The number of ether oxygens (including phenoxy) is 2. The van der Waals surface area contributed by atoms with Gasteiger partial charge in [-0.05, 0) is 101 Å². The molecule has 42 heavy (non-hydrogen) atoms. The van der Waals surface area contributed by atoms with Crippen molar-refractivity contribution in [2.24, 2.45) is 28.6 Å². The highest BCUT2D eigenvalue weighted by molar-refractivity contribution is 5.82. The van der Waals surface area contributed by atoms with Crippen LogP contribution < -0.4 is 5.63 Å². The number of carbonyl (C=O) groups excluding carboxylic acids is 1. The van der Waals surface area contributed by atoms with Gasteiger partial charge in [0, 0.05) is 11.6 Å². The fourth-order valence-electron chi connectivity index (χ4n) is 8.16. The van der Waals surface area contributed by atoms with E-state index < -0.39 is 11.2 Å². The highest BCUT2D eigenvalue weighted by Crippen LogP contribution is 2.64. The van der Waals surface area contributed by atoms with E-state index in [4.69, 9.17) is 13.9 Å². The second-order valence-electron chi connectivity index (χ2n) is 14.3. The summed E-state index contributed by atoms with van der Waals surface area (Å²) in [5.74, 6) is 1.00. The van der Waals surface area contributed by atoms with Crippen LogP contribution in [-0.2, 0) is 20.7 Å². The molecule has 0 amide bonds. The molecule has 4 rings (SSSR count). The number of hydrogen-bond acceptors (Lipinski definition) is 6. The second-order valence-corrected chi connectivity index (χ2v) is 14.3. The highest BCUT2D eigenvalue weighted by Gasteiger charge is 2.60. The molecule has 232 valence electrons. The van der Waals surface area contributed by atoms with E-state index in [0.717, 1.165) is 50.5 Å². The first-order chi connectivity index (χ1) is 19.6. The number of carbonyl (C=O) groups is 1. The molecule has 2 aliphatic carbocycles. The minimum atomic E-state index is -0.617. The number of aromatic hydroxyl groups is 1. The molecule has 1 aromatic heterocycles. The van der Waals surface area contributed by atoms with Crippen LogP contribution in [0.25, 0.3) is 0 Å². The number of aryl methyl sites for hydroxylation is 1. The van der Waals surface area contributed by atoms with Gasteiger partial charge in [0.25, 0.3) is 0 Å². The van der Waals surface area contributed by atoms with E-state index in [1.807, 2.05) is 19.9 Å². The predicted molar refractivity (Wildman–Crippen MR) is 166 cm³/mol. The van der Waals surface area contributed by atoms with Crippen LogP contribution in [0.2, 0.25) is 0 Å². The molecule has 6 heteroatoms. The summed E-state index contributed by atoms with van der Waals surface area (Å²) in [7, 11) is 0. The van der Waals surface area contributed by atoms with E-state index in [0.29, 0.717) is 35.1 Å². The molecule has 3 aliphatic rings. The van der Waals surface area contributed by atoms with Crippen LogP contribution in [0.3, 0.4) is 0 Å². The molecule has 7 unspecified atom stereocenters. The van der Waals surface area contributed by atoms with Crippen molar-refractivity contribution in [3.05, 3.63) is 63.8 Å². The van der Waals surface area contributed by atoms with E-state index in [2.05, 4.69) is 40.3 Å². The molecule has 3 fully saturated rings. The summed E-state index contributed by atoms with van der Waals surface area (Å²) in [5.41, 5.74) is 0.794. The summed E-state index contributed by atoms with van der Waals surface area (Å²) in [4.78, 5) is 25.7. The Morgan fingerprint density at radius 3 is 2.50 bits per heavy atom. The first-order valence-corrected chi connectivity index (χ1v) is 15.9. The molecule has 0 bridgehead atoms. The molecule has 1 aromatic rings. The van der Waals surface area contributed by atoms with E-state index in [1.54, 1.807) is 19.9 Å². The molecule has 7 atom stereocenters. The SMILES string of the molecule is C=C1CCC2C3(C)CCC(OC(=O)C=CC=CC(C)CC)C(C)(C)OC3CCC2(C)C1Cc1c(O)c(C)c(C)oc1=O. The lowest BCUT2D eigenvalue weighted by molar-refractivity contribution is -0.204. The Labute approximate surface area is 252 Å². The average molecular weight is 581 g/mol. The molecule has 1 saturated heterocycles. The van der Waals surface area contributed by atoms with Crippen molar-refractivity contribution in [3.63, 3.8) is 0 Å². The van der Waals surface area contributed by atoms with E-state index in [1.165, 1.54) is 6.08 Å². The van der Waals surface area contributed by atoms with Gasteiger partial charge >= 0.3 is 11.6 Å². The average Bonchev–Trinajstić information content (AvgIpc) is 3.02. The normalized spacial score (nSPS) is 33.7. The van der Waals surface area contributed by atoms with Crippen LogP contribution in [0.5, 0.6) is 5.75 Å². The molecule has 0 spiro atoms. The summed E-state index contributed by atoms with van der Waals surface area (Å²) >= 11 is 0. The molecule has 6 nitrogen and oxygen atoms in total. The topological polar surface area (TPSA) is 86.0 Å². The van der Waals surface area contributed by atoms with Crippen molar-refractivity contribution in [2.45, 2.75) is 125 Å². The van der Waals surface area contributed by atoms with Crippen LogP contribution in [0, 0.1) is 42.4 Å². The minimum absolute atomic E-state index is 0.0374. The lowest BCUT2D eigenvalue weighted by Gasteiger charge is -2.61. The van der Waals surface area contributed by atoms with Crippen LogP contribution in [0.1, 0.15) is 103 Å². The number of allylic oxidation sites excluding steroid dienone is 4. The first kappa shape index (κ1) is 32.3. The Hall–Kier alpha value is -2.60. The minimum Gasteiger partial charge on any atom is -0.507 e. The quantitative estimate of drug-likeness (QED) is 0.153. The van der Waals surface area contributed by atoms with Gasteiger partial charge in [0.2, 0.25) is 0 Å². The second kappa shape index (κ2) is 12.2. The van der Waals surface area contributed by atoms with Gasteiger partial charge in [-0.25, -0.2) is 9.59 Å². The Kier molecular flexibility index (Phi) is 9.37. The molecule has 0 radical (unpaired) electrons. The highest BCUT2D eigenvalue weighted by atomic mass is 16.6. The smallest absolute Gasteiger partial charge is 0.342 e. The lowest BCUT2D eigenvalue weighted by atomic mass is 9.45. The van der Waals surface area contributed by atoms with Gasteiger partial charge in [0.05, 0.1) is 17.3 Å². The maximum absolute atomic E-state index is 12.9. The Balaban J connectivity index is 1.57. The summed E-state index contributed by atoms with van der Waals surface area (Å²) in [6, 6.07) is 0. The van der Waals surface area contributed by atoms with Crippen molar-refractivity contribution in [2.75, 3.05) is 0 Å². The van der Waals surface area contributed by atoms with Crippen molar-refractivity contribution in [1.29, 1.82) is 0 Å². The molecule has 1 aliphatic heterocycles. The molecule has 1 N–H and O–H groups in total. The van der Waals surface area contributed by atoms with Gasteiger partial charge in [-0.15, -0.1) is 0 Å². The summed E-state index contributed by atoms with van der Waals surface area (Å²) < 4.78 is 18.4. The number of fused-ring (bicyclic) bond motifs is 3. The van der Waals surface area contributed by atoms with Crippen LogP contribution >= 0.6 is 0 Å². The van der Waals surface area contributed by atoms with E-state index >= 15 is 0 Å². The van der Waals surface area contributed by atoms with Gasteiger partial charge in [0.15, 0.2) is 0 Å². The third-order valence-electron chi connectivity index (χ3n) is 11.2. The van der Waals surface area contributed by atoms with Gasteiger partial charge in [-0.2, -0.15) is 0 Å². The standard InChI is InChI=1S/C36H52O6/c1-10-22(2)13-11-12-14-31(37)41-29-17-20-36(9)28-16-15-23(3)27(21-26-32(38)24(4)25(5)40-33(26)39)35(28,8)19-18-30(36)42-34(29,6)7/h11-14,22,27-30,38H,3,10,15-21H2,1-2,4-9H3. The summed E-state index contributed by atoms with van der Waals surface area (Å²) in [6.07, 6.45) is 13.7. The zero-order chi connectivity index (χ0) is 31.0. The third kappa shape index (κ3) is 6.06. The number of hydrogen-bond donors (Lipinski definition) is 1. The molecule has 2 heterocycles. The number of esters is 1. The summed E-state index contributed by atoms with van der Waals surface area (Å²) in [5, 5.41) is 10.9. The van der Waals surface area contributed by atoms with Crippen LogP contribution in [0.15, 0.2) is 45.7 Å². The van der Waals surface area contributed by atoms with Gasteiger partial charge in [0.1, 0.15) is 17.6 Å². The van der Waals surface area contributed by atoms with Crippen LogP contribution in [0.4, 0.5) is 0 Å². The lowest BCUT2D eigenvalue weighted by Crippen LogP contribution is -2.57. The summed E-state index contributed by atoms with van der Waals surface area (Å²) in [6.45, 7) is 21.0. The van der Waals surface area contributed by atoms with Gasteiger partial charge < -0.3 is 19.0 Å². The Morgan fingerprint density at radius 1 is 1.12 bits per heavy atom. The van der Waals surface area contributed by atoms with Crippen molar-refractivity contribution in [1.82, 2.24) is 0 Å². The van der Waals surface area contributed by atoms with Gasteiger partial charge in [-0.3, -0.25) is 0 Å². The molecule has 0 aromatic carbocycles. The Bertz CT molecular complexity index is 1300. The zero-order valence-electron chi connectivity index (χ0n) is 27.0. The monoisotopic (exact) mass is 580 g/mol. The Morgan fingerprint density at radius 2 is 1.81 bits per heavy atom. The van der Waals surface area contributed by atoms with Crippen LogP contribution in [-0.4, -0.2) is 28.9 Å². The fourth-order valence-corrected chi connectivity index (χ4v) is 8.16. The van der Waals surface area contributed by atoms with E-state index in [-0.39, 0.29) is 40.7 Å². The van der Waals surface area contributed by atoms with Gasteiger partial charge in [-0.1, -0.05) is 64.5 Å². The zero-order valence-corrected chi connectivity index (χ0v) is 27.0. The van der Waals surface area contributed by atoms with Crippen molar-refractivity contribution < 1.29 is 23.8 Å². The fraction of sp³-hybridized carbons (Fsp3) is 0.667. The number of rotatable bonds is 7. The molecule has 2 saturated carbocycles. The predicted octanol–water partition coefficient (Wildman–Crippen LogP) is 7.92. The maximum atomic E-state index is 12.9. The maximum Gasteiger partial charge on any atom is 0.342 e. The molecular weight excluding hydrogens is 528 g/mol. The van der Waals surface area contributed by atoms with Crippen molar-refractivity contribution >= 4 is 5.97 Å². The third-order valence-corrected chi connectivity index (χ3v) is 11.2. The van der Waals surface area contributed by atoms with E-state index in [9.17, 15) is 14.7 Å². The first-order valence-electron chi connectivity index (χ1n) is 15.9. The largest absolute Gasteiger partial charge is 0.507 e. The van der Waals surface area contributed by atoms with Crippen molar-refractivity contribution in [3.8, 4) is 5.75 Å². The molecular formula is C36H52O6.